The number of pyridine rings is 1. The van der Waals surface area contributed by atoms with Crippen LogP contribution in [0.2, 0.25) is 0 Å². The molecule has 0 N–H and O–H groups in total. The number of hydrogen-bond donors (Lipinski definition) is 0. The fourth-order valence-corrected chi connectivity index (χ4v) is 0.930. The van der Waals surface area contributed by atoms with Crippen molar-refractivity contribution < 1.29 is 4.79 Å². The summed E-state index contributed by atoms with van der Waals surface area (Å²) in [7, 11) is 0. The standard InChI is InChI=1S/C10H13NO.K/c1-10(2,3)9(12)8-5-4-6-11-7-8;/h4-7H,1-3H3;. The van der Waals surface area contributed by atoms with Crippen LogP contribution in [0.1, 0.15) is 31.1 Å². The summed E-state index contributed by atoms with van der Waals surface area (Å²) in [5.74, 6) is 0.135. The van der Waals surface area contributed by atoms with E-state index in [1.54, 1.807) is 24.5 Å². The van der Waals surface area contributed by atoms with E-state index in [0.717, 1.165) is 0 Å². The van der Waals surface area contributed by atoms with Crippen LogP contribution in [0.15, 0.2) is 24.5 Å². The minimum Gasteiger partial charge on any atom is -0.294 e. The number of ketones is 1. The van der Waals surface area contributed by atoms with E-state index in [2.05, 4.69) is 4.98 Å². The van der Waals surface area contributed by atoms with Crippen molar-refractivity contribution in [2.45, 2.75) is 20.8 Å². The number of rotatable bonds is 1. The van der Waals surface area contributed by atoms with Gasteiger partial charge in [0.1, 0.15) is 0 Å². The molecule has 0 aliphatic heterocycles. The minimum atomic E-state index is -0.316. The van der Waals surface area contributed by atoms with Crippen LogP contribution >= 0.6 is 0 Å². The van der Waals surface area contributed by atoms with E-state index >= 15 is 0 Å². The van der Waals surface area contributed by atoms with Gasteiger partial charge in [0.25, 0.3) is 0 Å². The Kier molecular flexibility index (Phi) is 5.55. The van der Waals surface area contributed by atoms with Crippen LogP contribution in [0, 0.1) is 5.41 Å². The SMILES string of the molecule is CC(C)(C)C(=O)c1cccnc1.[K]. The van der Waals surface area contributed by atoms with Crippen LogP contribution in [-0.4, -0.2) is 62.2 Å². The zero-order valence-electron chi connectivity index (χ0n) is 8.66. The molecule has 0 aliphatic rings. The van der Waals surface area contributed by atoms with Gasteiger partial charge < -0.3 is 0 Å². The van der Waals surface area contributed by atoms with Crippen LogP contribution in [0.25, 0.3) is 0 Å². The quantitative estimate of drug-likeness (QED) is 0.514. The molecule has 1 aromatic rings. The predicted molar refractivity (Wildman–Crippen MR) is 53.8 cm³/mol. The fraction of sp³-hybridized carbons (Fsp3) is 0.400. The first-order chi connectivity index (χ1) is 5.52. The third-order valence-corrected chi connectivity index (χ3v) is 1.60. The number of carbonyl (C=O) groups is 1. The van der Waals surface area contributed by atoms with Crippen molar-refractivity contribution in [2.24, 2.45) is 5.41 Å². The first-order valence-corrected chi connectivity index (χ1v) is 3.96. The van der Waals surface area contributed by atoms with Gasteiger partial charge in [-0.3, -0.25) is 9.78 Å². The molecule has 0 bridgehead atoms. The molecule has 0 atom stereocenters. The van der Waals surface area contributed by atoms with Crippen molar-refractivity contribution >= 4 is 57.2 Å². The predicted octanol–water partition coefficient (Wildman–Crippen LogP) is 1.93. The summed E-state index contributed by atoms with van der Waals surface area (Å²) in [5.41, 5.74) is 0.369. The molecule has 2 nitrogen and oxygen atoms in total. The van der Waals surface area contributed by atoms with Gasteiger partial charge in [0, 0.05) is 74.8 Å². The van der Waals surface area contributed by atoms with E-state index in [1.807, 2.05) is 20.8 Å². The average Bonchev–Trinajstić information content (AvgIpc) is 2.03. The number of Topliss-reactive ketones (excluding diaryl/α,β-unsaturated/α-hetero) is 1. The van der Waals surface area contributed by atoms with Crippen molar-refractivity contribution in [1.82, 2.24) is 4.98 Å². The second-order valence-electron chi connectivity index (χ2n) is 3.82. The third-order valence-electron chi connectivity index (χ3n) is 1.60. The Hall–Kier alpha value is 0.456. The van der Waals surface area contributed by atoms with E-state index in [-0.39, 0.29) is 62.6 Å². The summed E-state index contributed by atoms with van der Waals surface area (Å²) in [4.78, 5) is 15.5. The average molecular weight is 202 g/mol. The molecule has 1 radical (unpaired) electrons. The molecule has 1 heterocycles. The molecule has 0 amide bonds. The molecule has 13 heavy (non-hydrogen) atoms. The molecular weight excluding hydrogens is 189 g/mol. The number of carbonyl (C=O) groups excluding carboxylic acids is 1. The van der Waals surface area contributed by atoms with Crippen molar-refractivity contribution in [2.75, 3.05) is 0 Å². The molecule has 0 saturated heterocycles. The van der Waals surface area contributed by atoms with E-state index in [4.69, 9.17) is 0 Å². The van der Waals surface area contributed by atoms with Crippen LogP contribution < -0.4 is 0 Å². The first-order valence-electron chi connectivity index (χ1n) is 3.96. The van der Waals surface area contributed by atoms with Crippen molar-refractivity contribution in [1.29, 1.82) is 0 Å². The maximum absolute atomic E-state index is 11.6. The van der Waals surface area contributed by atoms with Gasteiger partial charge in [0.2, 0.25) is 0 Å². The molecule has 0 saturated carbocycles. The van der Waals surface area contributed by atoms with Gasteiger partial charge in [-0.25, -0.2) is 0 Å². The molecule has 3 heteroatoms. The summed E-state index contributed by atoms with van der Waals surface area (Å²) in [6.45, 7) is 5.72. The van der Waals surface area contributed by atoms with Crippen molar-refractivity contribution in [3.63, 3.8) is 0 Å². The van der Waals surface area contributed by atoms with Gasteiger partial charge in [0.05, 0.1) is 0 Å². The maximum Gasteiger partial charge on any atom is 0.169 e. The molecule has 0 unspecified atom stereocenters. The summed E-state index contributed by atoms with van der Waals surface area (Å²) in [6, 6.07) is 3.57. The normalized spacial score (nSPS) is 10.4. The zero-order chi connectivity index (χ0) is 9.19. The number of nitrogens with zero attached hydrogens (tertiary/aromatic N) is 1. The molecule has 0 aromatic carbocycles. The van der Waals surface area contributed by atoms with Gasteiger partial charge >= 0.3 is 0 Å². The van der Waals surface area contributed by atoms with Gasteiger partial charge in [-0.2, -0.15) is 0 Å². The largest absolute Gasteiger partial charge is 0.294 e. The molecule has 65 valence electrons. The van der Waals surface area contributed by atoms with E-state index in [9.17, 15) is 4.79 Å². The Balaban J connectivity index is 0.00000144. The Morgan fingerprint density at radius 1 is 1.38 bits per heavy atom. The van der Waals surface area contributed by atoms with Crippen LogP contribution in [0.4, 0.5) is 0 Å². The second-order valence-corrected chi connectivity index (χ2v) is 3.82. The van der Waals surface area contributed by atoms with E-state index in [1.165, 1.54) is 0 Å². The Morgan fingerprint density at radius 3 is 2.38 bits per heavy atom. The molecule has 1 rings (SSSR count). The summed E-state index contributed by atoms with van der Waals surface area (Å²) in [5, 5.41) is 0. The number of hydrogen-bond acceptors (Lipinski definition) is 2. The molecule has 0 fully saturated rings. The van der Waals surface area contributed by atoms with Crippen LogP contribution in [0.3, 0.4) is 0 Å². The summed E-state index contributed by atoms with van der Waals surface area (Å²) in [6.07, 6.45) is 3.27. The van der Waals surface area contributed by atoms with Crippen molar-refractivity contribution in [3.8, 4) is 0 Å². The Labute approximate surface area is 122 Å². The summed E-state index contributed by atoms with van der Waals surface area (Å²) >= 11 is 0. The summed E-state index contributed by atoms with van der Waals surface area (Å²) < 4.78 is 0. The van der Waals surface area contributed by atoms with Gasteiger partial charge in [-0.05, 0) is 12.1 Å². The van der Waals surface area contributed by atoms with Gasteiger partial charge in [-0.1, -0.05) is 20.8 Å². The van der Waals surface area contributed by atoms with Gasteiger partial charge in [-0.15, -0.1) is 0 Å². The topological polar surface area (TPSA) is 30.0 Å². The zero-order valence-corrected chi connectivity index (χ0v) is 11.8. The molecule has 0 spiro atoms. The fourth-order valence-electron chi connectivity index (χ4n) is 0.930. The Bertz CT molecular complexity index is 277. The first kappa shape index (κ1) is 13.5. The molecule has 0 aliphatic carbocycles. The minimum absolute atomic E-state index is 0. The van der Waals surface area contributed by atoms with E-state index in [0.29, 0.717) is 5.56 Å². The monoisotopic (exact) mass is 202 g/mol. The molecule has 1 aromatic heterocycles. The van der Waals surface area contributed by atoms with Crippen LogP contribution in [0.5, 0.6) is 0 Å². The second kappa shape index (κ2) is 5.37. The smallest absolute Gasteiger partial charge is 0.169 e. The third kappa shape index (κ3) is 4.00. The maximum atomic E-state index is 11.6. The van der Waals surface area contributed by atoms with Gasteiger partial charge in [0.15, 0.2) is 5.78 Å². The van der Waals surface area contributed by atoms with E-state index < -0.39 is 0 Å². The number of aromatic nitrogens is 1. The molecular formula is C10H13KNO. The Morgan fingerprint density at radius 2 is 2.00 bits per heavy atom. The van der Waals surface area contributed by atoms with Crippen LogP contribution in [-0.2, 0) is 0 Å². The van der Waals surface area contributed by atoms with Crippen molar-refractivity contribution in [3.05, 3.63) is 30.1 Å².